The van der Waals surface area contributed by atoms with Crippen LogP contribution in [-0.2, 0) is 0 Å². The fourth-order valence-electron chi connectivity index (χ4n) is 1.24. The molecule has 0 saturated heterocycles. The van der Waals surface area contributed by atoms with Gasteiger partial charge in [-0.15, -0.1) is 0 Å². The second kappa shape index (κ2) is 6.46. The predicted molar refractivity (Wildman–Crippen MR) is 71.6 cm³/mol. The highest BCUT2D eigenvalue weighted by Crippen LogP contribution is 2.21. The number of hydrogen-bond acceptors (Lipinski definition) is 6. The highest BCUT2D eigenvalue weighted by molar-refractivity contribution is 8.00. The van der Waals surface area contributed by atoms with E-state index in [0.29, 0.717) is 12.3 Å². The van der Waals surface area contributed by atoms with Crippen LogP contribution in [0.4, 0.5) is 5.69 Å². The zero-order valence-electron chi connectivity index (χ0n) is 9.20. The third-order valence-electron chi connectivity index (χ3n) is 2.03. The van der Waals surface area contributed by atoms with E-state index in [4.69, 9.17) is 10.5 Å². The third kappa shape index (κ3) is 3.90. The van der Waals surface area contributed by atoms with Gasteiger partial charge in [0.15, 0.2) is 4.34 Å². The SMILES string of the molecule is Nc1ccccc1OCCCSc1ncns1. The lowest BCUT2D eigenvalue weighted by Gasteiger charge is -2.07. The summed E-state index contributed by atoms with van der Waals surface area (Å²) in [6, 6.07) is 7.54. The Morgan fingerprint density at radius 3 is 3.00 bits per heavy atom. The van der Waals surface area contributed by atoms with Crippen molar-refractivity contribution in [1.29, 1.82) is 0 Å². The Labute approximate surface area is 108 Å². The number of benzene rings is 1. The maximum atomic E-state index is 5.77. The smallest absolute Gasteiger partial charge is 0.169 e. The molecule has 0 saturated carbocycles. The number of ether oxygens (including phenoxy) is 1. The van der Waals surface area contributed by atoms with Gasteiger partial charge in [0.2, 0.25) is 0 Å². The summed E-state index contributed by atoms with van der Waals surface area (Å²) in [6.45, 7) is 0.667. The molecule has 2 N–H and O–H groups in total. The summed E-state index contributed by atoms with van der Waals surface area (Å²) >= 11 is 3.12. The van der Waals surface area contributed by atoms with Crippen LogP contribution in [0, 0.1) is 0 Å². The van der Waals surface area contributed by atoms with Crippen molar-refractivity contribution in [3.8, 4) is 5.75 Å². The van der Waals surface area contributed by atoms with E-state index in [2.05, 4.69) is 9.36 Å². The molecule has 0 aliphatic heterocycles. The monoisotopic (exact) mass is 267 g/mol. The van der Waals surface area contributed by atoms with Gasteiger partial charge < -0.3 is 10.5 Å². The molecule has 0 unspecified atom stereocenters. The number of anilines is 1. The van der Waals surface area contributed by atoms with Crippen LogP contribution >= 0.6 is 23.3 Å². The molecule has 0 bridgehead atoms. The number of hydrogen-bond donors (Lipinski definition) is 1. The molecular weight excluding hydrogens is 254 g/mol. The number of thioether (sulfide) groups is 1. The zero-order valence-corrected chi connectivity index (χ0v) is 10.8. The first-order chi connectivity index (χ1) is 8.36. The van der Waals surface area contributed by atoms with E-state index in [-0.39, 0.29) is 0 Å². The van der Waals surface area contributed by atoms with Crippen molar-refractivity contribution in [3.05, 3.63) is 30.6 Å². The summed E-state index contributed by atoms with van der Waals surface area (Å²) in [5.74, 6) is 1.73. The first-order valence-corrected chi connectivity index (χ1v) is 6.99. The van der Waals surface area contributed by atoms with Gasteiger partial charge in [0.1, 0.15) is 12.1 Å². The summed E-state index contributed by atoms with van der Waals surface area (Å²) in [5.41, 5.74) is 6.45. The van der Waals surface area contributed by atoms with Crippen LogP contribution in [0.5, 0.6) is 5.75 Å². The zero-order chi connectivity index (χ0) is 11.9. The minimum atomic E-state index is 0.667. The molecule has 1 aromatic heterocycles. The molecule has 90 valence electrons. The topological polar surface area (TPSA) is 61.0 Å². The average molecular weight is 267 g/mol. The summed E-state index contributed by atoms with van der Waals surface area (Å²) in [6.07, 6.45) is 2.53. The van der Waals surface area contributed by atoms with Gasteiger partial charge in [-0.2, -0.15) is 4.37 Å². The summed E-state index contributed by atoms with van der Waals surface area (Å²) in [4.78, 5) is 4.10. The third-order valence-corrected chi connectivity index (χ3v) is 3.92. The number of rotatable bonds is 6. The minimum absolute atomic E-state index is 0.667. The molecule has 2 rings (SSSR count). The van der Waals surface area contributed by atoms with Crippen molar-refractivity contribution >= 4 is 29.0 Å². The number of para-hydroxylation sites is 2. The first kappa shape index (κ1) is 12.2. The number of nitrogens with zero attached hydrogens (tertiary/aromatic N) is 2. The van der Waals surface area contributed by atoms with E-state index in [0.717, 1.165) is 22.3 Å². The minimum Gasteiger partial charge on any atom is -0.491 e. The molecule has 1 heterocycles. The molecule has 0 radical (unpaired) electrons. The standard InChI is InChI=1S/C11H13N3OS2/c12-9-4-1-2-5-10(9)15-6-3-7-16-11-13-8-14-17-11/h1-2,4-5,8H,3,6-7,12H2. The lowest BCUT2D eigenvalue weighted by molar-refractivity contribution is 0.320. The Morgan fingerprint density at radius 1 is 1.35 bits per heavy atom. The van der Waals surface area contributed by atoms with Gasteiger partial charge in [-0.25, -0.2) is 4.98 Å². The summed E-state index contributed by atoms with van der Waals surface area (Å²) in [5, 5.41) is 0. The maximum absolute atomic E-state index is 5.77. The highest BCUT2D eigenvalue weighted by Gasteiger charge is 2.00. The number of nitrogens with two attached hydrogens (primary N) is 1. The van der Waals surface area contributed by atoms with Crippen molar-refractivity contribution in [3.63, 3.8) is 0 Å². The van der Waals surface area contributed by atoms with Crippen LogP contribution in [0.25, 0.3) is 0 Å². The first-order valence-electron chi connectivity index (χ1n) is 5.23. The quantitative estimate of drug-likeness (QED) is 0.495. The Kier molecular flexibility index (Phi) is 4.63. The van der Waals surface area contributed by atoms with Crippen molar-refractivity contribution < 1.29 is 4.74 Å². The van der Waals surface area contributed by atoms with E-state index in [1.807, 2.05) is 24.3 Å². The van der Waals surface area contributed by atoms with Crippen LogP contribution < -0.4 is 10.5 Å². The van der Waals surface area contributed by atoms with E-state index < -0.39 is 0 Å². The van der Waals surface area contributed by atoms with Crippen LogP contribution in [0.3, 0.4) is 0 Å². The molecule has 1 aromatic carbocycles. The predicted octanol–water partition coefficient (Wildman–Crippen LogP) is 2.68. The summed E-state index contributed by atoms with van der Waals surface area (Å²) in [7, 11) is 0. The molecule has 0 spiro atoms. The van der Waals surface area contributed by atoms with Crippen molar-refractivity contribution in [2.45, 2.75) is 10.8 Å². The van der Waals surface area contributed by atoms with Gasteiger partial charge in [-0.05, 0) is 30.1 Å². The lowest BCUT2D eigenvalue weighted by Crippen LogP contribution is -2.01. The fourth-order valence-corrected chi connectivity index (χ4v) is 2.67. The van der Waals surface area contributed by atoms with Crippen molar-refractivity contribution in [2.24, 2.45) is 0 Å². The largest absolute Gasteiger partial charge is 0.491 e. The molecule has 0 fully saturated rings. The number of aromatic nitrogens is 2. The normalized spacial score (nSPS) is 10.4. The average Bonchev–Trinajstić information content (AvgIpc) is 2.84. The van der Waals surface area contributed by atoms with E-state index in [1.54, 1.807) is 18.1 Å². The van der Waals surface area contributed by atoms with Crippen molar-refractivity contribution in [2.75, 3.05) is 18.1 Å². The van der Waals surface area contributed by atoms with Gasteiger partial charge in [-0.3, -0.25) is 0 Å². The lowest BCUT2D eigenvalue weighted by atomic mass is 10.3. The Morgan fingerprint density at radius 2 is 2.24 bits per heavy atom. The van der Waals surface area contributed by atoms with E-state index in [1.165, 1.54) is 11.5 Å². The van der Waals surface area contributed by atoms with E-state index >= 15 is 0 Å². The second-order valence-electron chi connectivity index (χ2n) is 3.30. The molecule has 0 amide bonds. The molecule has 0 atom stereocenters. The Bertz CT molecular complexity index is 448. The van der Waals surface area contributed by atoms with Crippen LogP contribution in [0.1, 0.15) is 6.42 Å². The van der Waals surface area contributed by atoms with Crippen LogP contribution in [-0.4, -0.2) is 21.7 Å². The molecule has 17 heavy (non-hydrogen) atoms. The Balaban J connectivity index is 1.65. The molecular formula is C11H13N3OS2. The molecule has 6 heteroatoms. The van der Waals surface area contributed by atoms with Gasteiger partial charge in [-0.1, -0.05) is 23.9 Å². The van der Waals surface area contributed by atoms with Gasteiger partial charge in [0, 0.05) is 5.75 Å². The number of nitrogen functional groups attached to an aromatic ring is 1. The van der Waals surface area contributed by atoms with Crippen LogP contribution in [0.15, 0.2) is 34.9 Å². The molecule has 0 aliphatic carbocycles. The fraction of sp³-hybridized carbons (Fsp3) is 0.273. The van der Waals surface area contributed by atoms with Crippen LogP contribution in [0.2, 0.25) is 0 Å². The van der Waals surface area contributed by atoms with Gasteiger partial charge in [0.25, 0.3) is 0 Å². The molecule has 2 aromatic rings. The highest BCUT2D eigenvalue weighted by atomic mass is 32.2. The summed E-state index contributed by atoms with van der Waals surface area (Å²) < 4.78 is 10.5. The molecule has 4 nitrogen and oxygen atoms in total. The van der Waals surface area contributed by atoms with E-state index in [9.17, 15) is 0 Å². The van der Waals surface area contributed by atoms with Gasteiger partial charge in [0.05, 0.1) is 12.3 Å². The second-order valence-corrected chi connectivity index (χ2v) is 5.42. The molecule has 0 aliphatic rings. The Hall–Kier alpha value is -1.27. The van der Waals surface area contributed by atoms with Gasteiger partial charge >= 0.3 is 0 Å². The maximum Gasteiger partial charge on any atom is 0.169 e. The van der Waals surface area contributed by atoms with Crippen molar-refractivity contribution in [1.82, 2.24) is 9.36 Å².